The molecule has 1 aliphatic rings. The Hall–Kier alpha value is -1.95. The minimum absolute atomic E-state index is 0.250. The first kappa shape index (κ1) is 21.8. The number of nitrogens with zero attached hydrogens (tertiary/aromatic N) is 5. The van der Waals surface area contributed by atoms with Crippen molar-refractivity contribution < 1.29 is 8.42 Å². The number of thioether (sulfide) groups is 1. The van der Waals surface area contributed by atoms with Crippen molar-refractivity contribution in [2.45, 2.75) is 12.3 Å². The molecule has 0 bridgehead atoms. The number of hydrogen-bond donors (Lipinski definition) is 1. The van der Waals surface area contributed by atoms with Crippen LogP contribution >= 0.6 is 23.1 Å². The number of rotatable bonds is 8. The smallest absolute Gasteiger partial charge is 0.365 e. The lowest BCUT2D eigenvalue weighted by atomic mass is 10.4. The van der Waals surface area contributed by atoms with E-state index >= 15 is 0 Å². The van der Waals surface area contributed by atoms with Gasteiger partial charge >= 0.3 is 10.2 Å². The van der Waals surface area contributed by atoms with Gasteiger partial charge in [-0.25, -0.2) is 4.98 Å². The molecule has 0 aliphatic carbocycles. The molecule has 0 radical (unpaired) electrons. The lowest BCUT2D eigenvalue weighted by molar-refractivity contribution is 0.406. The fraction of sp³-hybridized carbons (Fsp3) is 0.389. The van der Waals surface area contributed by atoms with Gasteiger partial charge in [-0.3, -0.25) is 0 Å². The third-order valence-electron chi connectivity index (χ3n) is 3.90. The molecule has 156 valence electrons. The van der Waals surface area contributed by atoms with Crippen molar-refractivity contribution in [3.05, 3.63) is 46.3 Å². The Kier molecular flexibility index (Phi) is 7.28. The van der Waals surface area contributed by atoms with Crippen molar-refractivity contribution in [1.29, 1.82) is 0 Å². The molecule has 0 saturated carbocycles. The molecule has 0 amide bonds. The summed E-state index contributed by atoms with van der Waals surface area (Å²) < 4.78 is 31.2. The molecule has 0 atom stereocenters. The zero-order chi connectivity index (χ0) is 20.9. The maximum Gasteiger partial charge on any atom is 0.367 e. The van der Waals surface area contributed by atoms with Crippen LogP contribution in [0.3, 0.4) is 0 Å². The number of aromatic nitrogens is 1. The third-order valence-corrected chi connectivity index (χ3v) is 6.98. The lowest BCUT2D eigenvalue weighted by Crippen LogP contribution is -2.41. The molecule has 3 rings (SSSR count). The number of amidine groups is 2. The second-order valence-electron chi connectivity index (χ2n) is 6.63. The fourth-order valence-corrected chi connectivity index (χ4v) is 5.58. The monoisotopic (exact) mass is 452 g/mol. The van der Waals surface area contributed by atoms with E-state index in [-0.39, 0.29) is 11.7 Å². The Morgan fingerprint density at radius 1 is 1.10 bits per heavy atom. The summed E-state index contributed by atoms with van der Waals surface area (Å²) in [5.74, 6) is 2.85. The van der Waals surface area contributed by atoms with Crippen molar-refractivity contribution in [2.75, 3.05) is 38.3 Å². The van der Waals surface area contributed by atoms with Crippen LogP contribution in [0.2, 0.25) is 0 Å². The number of pyridine rings is 1. The summed E-state index contributed by atoms with van der Waals surface area (Å²) in [4.78, 5) is 10.7. The highest BCUT2D eigenvalue weighted by Gasteiger charge is 2.27. The van der Waals surface area contributed by atoms with Crippen LogP contribution in [0.15, 0.2) is 45.3 Å². The van der Waals surface area contributed by atoms with E-state index in [2.05, 4.69) is 50.2 Å². The predicted octanol–water partition coefficient (Wildman–Crippen LogP) is 2.22. The van der Waals surface area contributed by atoms with Crippen molar-refractivity contribution in [3.8, 4) is 0 Å². The number of nitrogens with one attached hydrogen (secondary N) is 1. The van der Waals surface area contributed by atoms with Gasteiger partial charge in [-0.1, -0.05) is 6.07 Å². The molecular formula is C18H24N6O2S3. The summed E-state index contributed by atoms with van der Waals surface area (Å²) in [5, 5.41) is 3.10. The van der Waals surface area contributed by atoms with E-state index in [4.69, 9.17) is 0 Å². The summed E-state index contributed by atoms with van der Waals surface area (Å²) in [7, 11) is 1.99. The van der Waals surface area contributed by atoms with Crippen LogP contribution in [0.1, 0.15) is 9.75 Å². The molecule has 29 heavy (non-hydrogen) atoms. The Balaban J connectivity index is 1.50. The summed E-state index contributed by atoms with van der Waals surface area (Å²) in [6, 6.07) is 9.76. The van der Waals surface area contributed by atoms with E-state index < -0.39 is 10.2 Å². The molecular weight excluding hydrogens is 428 g/mol. The van der Waals surface area contributed by atoms with Gasteiger partial charge in [0.1, 0.15) is 5.82 Å². The highest BCUT2D eigenvalue weighted by atomic mass is 32.2. The van der Waals surface area contributed by atoms with Gasteiger partial charge in [0.15, 0.2) is 11.7 Å². The first-order valence-corrected chi connectivity index (χ1v) is 12.3. The van der Waals surface area contributed by atoms with Gasteiger partial charge in [-0.15, -0.1) is 20.1 Å². The maximum atomic E-state index is 11.9. The number of hydrogen-bond acceptors (Lipinski definition) is 8. The van der Waals surface area contributed by atoms with Gasteiger partial charge in [0.05, 0.1) is 0 Å². The van der Waals surface area contributed by atoms with Crippen LogP contribution in [0, 0.1) is 0 Å². The molecule has 0 fully saturated rings. The largest absolute Gasteiger partial charge is 0.367 e. The van der Waals surface area contributed by atoms with Gasteiger partial charge in [0.25, 0.3) is 0 Å². The second kappa shape index (κ2) is 9.70. The van der Waals surface area contributed by atoms with Crippen LogP contribution in [0.5, 0.6) is 0 Å². The average Bonchev–Trinajstić information content (AvgIpc) is 3.24. The molecule has 0 unspecified atom stereocenters. The summed E-state index contributed by atoms with van der Waals surface area (Å²) in [6.07, 6.45) is 1.64. The standard InChI is InChI=1S/C18H24N6O2S3/c1-23(2)12-14-7-8-15(28-14)13-27-11-10-20-17-18(22-29(25,26)21-17)24(3)16-6-4-5-9-19-16/h4-9H,10-13H2,1-3H3,(H,20,21). The van der Waals surface area contributed by atoms with E-state index in [1.165, 1.54) is 9.75 Å². The fourth-order valence-electron chi connectivity index (χ4n) is 2.63. The Bertz CT molecular complexity index is 986. The Morgan fingerprint density at radius 3 is 2.62 bits per heavy atom. The average molecular weight is 453 g/mol. The first-order valence-electron chi connectivity index (χ1n) is 8.98. The number of likely N-dealkylation sites (N-methyl/N-ethyl adjacent to an activating group) is 1. The van der Waals surface area contributed by atoms with Crippen LogP contribution in [0.25, 0.3) is 0 Å². The van der Waals surface area contributed by atoms with E-state index in [1.54, 1.807) is 42.0 Å². The van der Waals surface area contributed by atoms with Crippen molar-refractivity contribution in [3.63, 3.8) is 0 Å². The maximum absolute atomic E-state index is 11.9. The van der Waals surface area contributed by atoms with Crippen LogP contribution in [-0.2, 0) is 22.5 Å². The van der Waals surface area contributed by atoms with Crippen LogP contribution in [-0.4, -0.2) is 63.4 Å². The highest BCUT2D eigenvalue weighted by molar-refractivity contribution is 7.98. The summed E-state index contributed by atoms with van der Waals surface area (Å²) in [5.41, 5.74) is 0. The molecule has 0 spiro atoms. The van der Waals surface area contributed by atoms with E-state index in [9.17, 15) is 8.42 Å². The summed E-state index contributed by atoms with van der Waals surface area (Å²) >= 11 is 3.62. The lowest BCUT2D eigenvalue weighted by Gasteiger charge is -2.18. The molecule has 0 saturated heterocycles. The van der Waals surface area contributed by atoms with Gasteiger partial charge in [0, 0.05) is 47.6 Å². The van der Waals surface area contributed by atoms with Crippen molar-refractivity contribution in [1.82, 2.24) is 15.2 Å². The number of thiophene rings is 1. The SMILES string of the molecule is CN(C)Cc1ccc(CSCCNC2=NS(=O)(=O)N=C2N(C)c2ccccn2)s1. The van der Waals surface area contributed by atoms with E-state index in [0.29, 0.717) is 12.4 Å². The molecule has 1 aliphatic heterocycles. The van der Waals surface area contributed by atoms with E-state index in [1.807, 2.05) is 17.4 Å². The quantitative estimate of drug-likeness (QED) is 0.614. The summed E-state index contributed by atoms with van der Waals surface area (Å²) in [6.45, 7) is 1.54. The topological polar surface area (TPSA) is 90.3 Å². The van der Waals surface area contributed by atoms with Gasteiger partial charge in [-0.2, -0.15) is 20.2 Å². The van der Waals surface area contributed by atoms with Crippen LogP contribution in [0.4, 0.5) is 5.82 Å². The first-order chi connectivity index (χ1) is 13.8. The highest BCUT2D eigenvalue weighted by Crippen LogP contribution is 2.22. The molecule has 0 aromatic carbocycles. The second-order valence-corrected chi connectivity index (χ2v) is 10.3. The Labute approximate surface area is 180 Å². The molecule has 8 nitrogen and oxygen atoms in total. The molecule has 11 heteroatoms. The molecule has 1 N–H and O–H groups in total. The molecule has 3 heterocycles. The normalized spacial score (nSPS) is 15.3. The zero-order valence-electron chi connectivity index (χ0n) is 16.6. The number of anilines is 1. The van der Waals surface area contributed by atoms with E-state index in [0.717, 1.165) is 18.1 Å². The van der Waals surface area contributed by atoms with Gasteiger partial charge in [-0.05, 0) is 38.4 Å². The zero-order valence-corrected chi connectivity index (χ0v) is 19.0. The van der Waals surface area contributed by atoms with Crippen molar-refractivity contribution in [2.24, 2.45) is 8.80 Å². The third kappa shape index (κ3) is 6.26. The Morgan fingerprint density at radius 2 is 1.90 bits per heavy atom. The minimum Gasteiger partial charge on any atom is -0.365 e. The van der Waals surface area contributed by atoms with Crippen LogP contribution < -0.4 is 10.2 Å². The van der Waals surface area contributed by atoms with Crippen molar-refractivity contribution >= 4 is 50.8 Å². The predicted molar refractivity (Wildman–Crippen MR) is 122 cm³/mol. The minimum atomic E-state index is -3.86. The molecule has 2 aromatic heterocycles. The van der Waals surface area contributed by atoms with Gasteiger partial charge in [0.2, 0.25) is 0 Å². The molecule has 2 aromatic rings. The van der Waals surface area contributed by atoms with Gasteiger partial charge < -0.3 is 15.1 Å².